The second kappa shape index (κ2) is 9.74. The quantitative estimate of drug-likeness (QED) is 0.861. The Morgan fingerprint density at radius 2 is 1.72 bits per heavy atom. The van der Waals surface area contributed by atoms with Crippen molar-refractivity contribution >= 4 is 30.7 Å². The van der Waals surface area contributed by atoms with Crippen LogP contribution in [0.4, 0.5) is 0 Å². The van der Waals surface area contributed by atoms with Crippen molar-refractivity contribution in [3.8, 4) is 0 Å². The van der Waals surface area contributed by atoms with Gasteiger partial charge in [-0.15, -0.1) is 24.8 Å². The first-order chi connectivity index (χ1) is 11.0. The largest absolute Gasteiger partial charge is 0.373 e. The van der Waals surface area contributed by atoms with Crippen LogP contribution in [0.1, 0.15) is 36.2 Å². The smallest absolute Gasteiger partial charge is 0.253 e. The van der Waals surface area contributed by atoms with Gasteiger partial charge in [-0.1, -0.05) is 12.1 Å². The lowest BCUT2D eigenvalue weighted by Gasteiger charge is -2.35. The first-order valence-electron chi connectivity index (χ1n) is 8.53. The molecule has 25 heavy (non-hydrogen) atoms. The molecule has 1 amide bonds. The Bertz CT molecular complexity index is 546. The van der Waals surface area contributed by atoms with Crippen molar-refractivity contribution in [2.24, 2.45) is 5.73 Å². The summed E-state index contributed by atoms with van der Waals surface area (Å²) in [5.41, 5.74) is 7.88. The zero-order valence-electron chi connectivity index (χ0n) is 14.9. The van der Waals surface area contributed by atoms with E-state index in [1.54, 1.807) is 0 Å². The summed E-state index contributed by atoms with van der Waals surface area (Å²) >= 11 is 0. The van der Waals surface area contributed by atoms with Gasteiger partial charge in [0.1, 0.15) is 0 Å². The first-order valence-corrected chi connectivity index (χ1v) is 8.53. The van der Waals surface area contributed by atoms with E-state index >= 15 is 0 Å². The minimum Gasteiger partial charge on any atom is -0.373 e. The predicted molar refractivity (Wildman–Crippen MR) is 105 cm³/mol. The van der Waals surface area contributed by atoms with Crippen molar-refractivity contribution in [2.45, 2.75) is 45.1 Å². The normalized spacial score (nSPS) is 26.7. The van der Waals surface area contributed by atoms with E-state index in [1.165, 1.54) is 5.56 Å². The van der Waals surface area contributed by atoms with Gasteiger partial charge in [-0.3, -0.25) is 9.69 Å². The summed E-state index contributed by atoms with van der Waals surface area (Å²) in [6.45, 7) is 8.49. The maximum atomic E-state index is 12.4. The standard InChI is InChI=1S/C18H27N3O2.2ClH/c1-13-9-20(10-14(2)23-13)11-15-3-5-16(6-4-15)18(22)21-8-7-17(19)12-21;;/h3-6,13-14,17H,7-12,19H2,1-2H3;2*1H/t13?,14?,17-;;/m1../s1. The van der Waals surface area contributed by atoms with Gasteiger partial charge in [0, 0.05) is 44.3 Å². The van der Waals surface area contributed by atoms with E-state index in [1.807, 2.05) is 17.0 Å². The molecular weight excluding hydrogens is 361 g/mol. The van der Waals surface area contributed by atoms with E-state index in [-0.39, 0.29) is 49.0 Å². The molecule has 142 valence electrons. The van der Waals surface area contributed by atoms with Gasteiger partial charge in [0.05, 0.1) is 12.2 Å². The molecule has 0 aliphatic carbocycles. The van der Waals surface area contributed by atoms with Crippen LogP contribution in [0.15, 0.2) is 24.3 Å². The van der Waals surface area contributed by atoms with Crippen LogP contribution in [0.2, 0.25) is 0 Å². The monoisotopic (exact) mass is 389 g/mol. The van der Waals surface area contributed by atoms with Crippen LogP contribution in [0.25, 0.3) is 0 Å². The third-order valence-corrected chi connectivity index (χ3v) is 4.61. The fraction of sp³-hybridized carbons (Fsp3) is 0.611. The third kappa shape index (κ3) is 5.83. The molecule has 1 aromatic carbocycles. The fourth-order valence-corrected chi connectivity index (χ4v) is 3.58. The van der Waals surface area contributed by atoms with Gasteiger partial charge >= 0.3 is 0 Å². The number of carbonyl (C=O) groups is 1. The molecule has 0 radical (unpaired) electrons. The Balaban J connectivity index is 0.00000156. The lowest BCUT2D eigenvalue weighted by molar-refractivity contribution is -0.0704. The van der Waals surface area contributed by atoms with Crippen LogP contribution >= 0.6 is 24.8 Å². The average molecular weight is 390 g/mol. The lowest BCUT2D eigenvalue weighted by atomic mass is 10.1. The number of nitrogens with zero attached hydrogens (tertiary/aromatic N) is 2. The molecule has 7 heteroatoms. The molecule has 2 N–H and O–H groups in total. The number of likely N-dealkylation sites (tertiary alicyclic amines) is 1. The molecule has 1 aromatic rings. The molecule has 0 saturated carbocycles. The molecule has 2 saturated heterocycles. The highest BCUT2D eigenvalue weighted by Crippen LogP contribution is 2.16. The Kier molecular flexibility index (Phi) is 8.64. The SMILES string of the molecule is CC1CN(Cc2ccc(C(=O)N3CC[C@@H](N)C3)cc2)CC(C)O1.Cl.Cl. The van der Waals surface area contributed by atoms with E-state index in [2.05, 4.69) is 30.9 Å². The number of hydrogen-bond acceptors (Lipinski definition) is 4. The summed E-state index contributed by atoms with van der Waals surface area (Å²) < 4.78 is 5.77. The molecule has 2 aliphatic rings. The van der Waals surface area contributed by atoms with Crippen molar-refractivity contribution < 1.29 is 9.53 Å². The number of morpholine rings is 1. The third-order valence-electron chi connectivity index (χ3n) is 4.61. The van der Waals surface area contributed by atoms with Crippen LogP contribution < -0.4 is 5.73 Å². The molecule has 2 unspecified atom stereocenters. The van der Waals surface area contributed by atoms with Crippen LogP contribution in [-0.4, -0.2) is 60.1 Å². The fourth-order valence-electron chi connectivity index (χ4n) is 3.58. The van der Waals surface area contributed by atoms with E-state index in [0.29, 0.717) is 6.54 Å². The Morgan fingerprint density at radius 3 is 2.24 bits per heavy atom. The van der Waals surface area contributed by atoms with Gasteiger partial charge in [0.2, 0.25) is 0 Å². The van der Waals surface area contributed by atoms with Gasteiger partial charge in [0.25, 0.3) is 5.91 Å². The topological polar surface area (TPSA) is 58.8 Å². The highest BCUT2D eigenvalue weighted by molar-refractivity contribution is 5.94. The van der Waals surface area contributed by atoms with Crippen molar-refractivity contribution in [3.05, 3.63) is 35.4 Å². The van der Waals surface area contributed by atoms with E-state index in [4.69, 9.17) is 10.5 Å². The highest BCUT2D eigenvalue weighted by atomic mass is 35.5. The van der Waals surface area contributed by atoms with Gasteiger partial charge in [0.15, 0.2) is 0 Å². The molecule has 3 rings (SSSR count). The van der Waals surface area contributed by atoms with Gasteiger partial charge in [-0.05, 0) is 38.0 Å². The highest BCUT2D eigenvalue weighted by Gasteiger charge is 2.25. The molecular formula is C18H29Cl2N3O2. The minimum absolute atomic E-state index is 0. The summed E-state index contributed by atoms with van der Waals surface area (Å²) in [5.74, 6) is 0.0955. The van der Waals surface area contributed by atoms with Crippen LogP contribution in [-0.2, 0) is 11.3 Å². The number of ether oxygens (including phenoxy) is 1. The van der Waals surface area contributed by atoms with Crippen molar-refractivity contribution in [1.29, 1.82) is 0 Å². The average Bonchev–Trinajstić information content (AvgIpc) is 2.93. The molecule has 0 bridgehead atoms. The molecule has 0 aromatic heterocycles. The van der Waals surface area contributed by atoms with Crippen molar-refractivity contribution in [3.63, 3.8) is 0 Å². The molecule has 5 nitrogen and oxygen atoms in total. The molecule has 3 atom stereocenters. The number of benzene rings is 1. The van der Waals surface area contributed by atoms with E-state index < -0.39 is 0 Å². The number of halogens is 2. The van der Waals surface area contributed by atoms with E-state index in [9.17, 15) is 4.79 Å². The maximum absolute atomic E-state index is 12.4. The zero-order chi connectivity index (χ0) is 16.4. The number of nitrogens with two attached hydrogens (primary N) is 1. The van der Waals surface area contributed by atoms with Gasteiger partial charge in [-0.2, -0.15) is 0 Å². The number of hydrogen-bond donors (Lipinski definition) is 1. The number of amides is 1. The minimum atomic E-state index is 0. The number of carbonyl (C=O) groups excluding carboxylic acids is 1. The van der Waals surface area contributed by atoms with Gasteiger partial charge < -0.3 is 15.4 Å². The molecule has 2 aliphatic heterocycles. The summed E-state index contributed by atoms with van der Waals surface area (Å²) in [5, 5.41) is 0. The second-order valence-corrected chi connectivity index (χ2v) is 6.95. The van der Waals surface area contributed by atoms with Gasteiger partial charge in [-0.25, -0.2) is 0 Å². The summed E-state index contributed by atoms with van der Waals surface area (Å²) in [6, 6.07) is 8.13. The zero-order valence-corrected chi connectivity index (χ0v) is 16.5. The van der Waals surface area contributed by atoms with Crippen LogP contribution in [0.3, 0.4) is 0 Å². The van der Waals surface area contributed by atoms with Crippen molar-refractivity contribution in [2.75, 3.05) is 26.2 Å². The summed E-state index contributed by atoms with van der Waals surface area (Å²) in [6.07, 6.45) is 1.45. The van der Waals surface area contributed by atoms with Crippen LogP contribution in [0.5, 0.6) is 0 Å². The lowest BCUT2D eigenvalue weighted by Crippen LogP contribution is -2.44. The predicted octanol–water partition coefficient (Wildman–Crippen LogP) is 2.31. The Morgan fingerprint density at radius 1 is 1.12 bits per heavy atom. The first kappa shape index (κ1) is 22.2. The van der Waals surface area contributed by atoms with Crippen molar-refractivity contribution in [1.82, 2.24) is 9.80 Å². The molecule has 2 heterocycles. The summed E-state index contributed by atoms with van der Waals surface area (Å²) in [7, 11) is 0. The Hall–Kier alpha value is -0.850. The Labute approximate surface area is 162 Å². The molecule has 0 spiro atoms. The summed E-state index contributed by atoms with van der Waals surface area (Å²) in [4.78, 5) is 16.7. The second-order valence-electron chi connectivity index (χ2n) is 6.95. The molecule has 2 fully saturated rings. The van der Waals surface area contributed by atoms with Crippen LogP contribution in [0, 0.1) is 0 Å². The van der Waals surface area contributed by atoms with E-state index in [0.717, 1.165) is 38.2 Å². The maximum Gasteiger partial charge on any atom is 0.253 e. The number of rotatable bonds is 3.